The van der Waals surface area contributed by atoms with Crippen molar-refractivity contribution < 1.29 is 14.3 Å². The highest BCUT2D eigenvalue weighted by atomic mass is 32.2. The highest BCUT2D eigenvalue weighted by molar-refractivity contribution is 8.23. The lowest BCUT2D eigenvalue weighted by atomic mass is 9.87. The van der Waals surface area contributed by atoms with E-state index in [1.807, 2.05) is 36.4 Å². The number of carbonyl (C=O) groups excluding carboxylic acids is 1. The first-order valence-corrected chi connectivity index (χ1v) is 10.7. The van der Waals surface area contributed by atoms with Gasteiger partial charge in [0.1, 0.15) is 24.7 Å². The zero-order valence-electron chi connectivity index (χ0n) is 16.8. The van der Waals surface area contributed by atoms with E-state index in [1.54, 1.807) is 6.21 Å². The fraction of sp³-hybridized carbons (Fsp3) is 0.318. The SMILES string of the molecule is CC(C)(C)c1ccc(OCCOc2ccc(/C=N\N3C(=O)CSC3=S)cc2)cc1. The van der Waals surface area contributed by atoms with Gasteiger partial charge in [0.15, 0.2) is 4.32 Å². The largest absolute Gasteiger partial charge is 0.490 e. The van der Waals surface area contributed by atoms with Gasteiger partial charge < -0.3 is 9.47 Å². The van der Waals surface area contributed by atoms with Crippen LogP contribution in [0.4, 0.5) is 0 Å². The van der Waals surface area contributed by atoms with Crippen molar-refractivity contribution in [3.63, 3.8) is 0 Å². The van der Waals surface area contributed by atoms with E-state index in [1.165, 1.54) is 22.3 Å². The maximum Gasteiger partial charge on any atom is 0.259 e. The van der Waals surface area contributed by atoms with Crippen molar-refractivity contribution in [2.24, 2.45) is 5.10 Å². The summed E-state index contributed by atoms with van der Waals surface area (Å²) in [6.07, 6.45) is 1.62. The molecule has 7 heteroatoms. The molecule has 1 saturated heterocycles. The van der Waals surface area contributed by atoms with E-state index in [2.05, 4.69) is 38.0 Å². The number of hydrogen-bond donors (Lipinski definition) is 0. The number of benzene rings is 2. The van der Waals surface area contributed by atoms with Gasteiger partial charge in [-0.25, -0.2) is 0 Å². The predicted octanol–water partition coefficient (Wildman–Crippen LogP) is 4.64. The number of thiocarbonyl (C=S) groups is 1. The lowest BCUT2D eigenvalue weighted by Crippen LogP contribution is -2.22. The molecule has 29 heavy (non-hydrogen) atoms. The Kier molecular flexibility index (Phi) is 6.92. The monoisotopic (exact) mass is 428 g/mol. The maximum absolute atomic E-state index is 11.6. The molecule has 5 nitrogen and oxygen atoms in total. The first-order valence-electron chi connectivity index (χ1n) is 9.33. The number of amides is 1. The minimum Gasteiger partial charge on any atom is -0.490 e. The smallest absolute Gasteiger partial charge is 0.259 e. The molecule has 1 aliphatic rings. The molecule has 1 amide bonds. The van der Waals surface area contributed by atoms with Crippen LogP contribution in [-0.4, -0.2) is 40.4 Å². The van der Waals surface area contributed by atoms with Crippen molar-refractivity contribution in [2.45, 2.75) is 26.2 Å². The van der Waals surface area contributed by atoms with Gasteiger partial charge in [0.25, 0.3) is 5.91 Å². The second-order valence-electron chi connectivity index (χ2n) is 7.55. The molecule has 0 atom stereocenters. The van der Waals surface area contributed by atoms with Gasteiger partial charge in [0.05, 0.1) is 12.0 Å². The standard InChI is InChI=1S/C22H24N2O3S2/c1-22(2,3)17-6-10-19(11-7-17)27-13-12-26-18-8-4-16(5-9-18)14-23-24-20(25)15-29-21(24)28/h4-11,14H,12-13,15H2,1-3H3/b23-14-. The summed E-state index contributed by atoms with van der Waals surface area (Å²) in [4.78, 5) is 11.6. The molecule has 2 aromatic rings. The van der Waals surface area contributed by atoms with Crippen LogP contribution in [0.3, 0.4) is 0 Å². The summed E-state index contributed by atoms with van der Waals surface area (Å²) in [6, 6.07) is 15.6. The van der Waals surface area contributed by atoms with Crippen LogP contribution >= 0.6 is 24.0 Å². The van der Waals surface area contributed by atoms with E-state index in [9.17, 15) is 4.79 Å². The molecule has 0 radical (unpaired) electrons. The van der Waals surface area contributed by atoms with Crippen LogP contribution in [-0.2, 0) is 10.2 Å². The van der Waals surface area contributed by atoms with E-state index in [4.69, 9.17) is 21.7 Å². The Morgan fingerprint density at radius 1 is 1.03 bits per heavy atom. The second-order valence-corrected chi connectivity index (χ2v) is 9.15. The molecule has 0 bridgehead atoms. The molecule has 1 heterocycles. The highest BCUT2D eigenvalue weighted by Crippen LogP contribution is 2.24. The van der Waals surface area contributed by atoms with Crippen molar-refractivity contribution in [1.29, 1.82) is 0 Å². The van der Waals surface area contributed by atoms with Crippen LogP contribution in [0.25, 0.3) is 0 Å². The number of ether oxygens (including phenoxy) is 2. The Morgan fingerprint density at radius 2 is 1.59 bits per heavy atom. The molecule has 3 rings (SSSR count). The highest BCUT2D eigenvalue weighted by Gasteiger charge is 2.25. The molecule has 0 aliphatic carbocycles. The van der Waals surface area contributed by atoms with Gasteiger partial charge in [-0.3, -0.25) is 4.79 Å². The fourth-order valence-electron chi connectivity index (χ4n) is 2.60. The maximum atomic E-state index is 11.6. The molecule has 2 aromatic carbocycles. The van der Waals surface area contributed by atoms with Gasteiger partial charge in [0.2, 0.25) is 0 Å². The third kappa shape index (κ3) is 6.05. The van der Waals surface area contributed by atoms with Gasteiger partial charge in [-0.1, -0.05) is 56.9 Å². The van der Waals surface area contributed by atoms with Crippen LogP contribution in [0.1, 0.15) is 31.9 Å². The normalized spacial score (nSPS) is 14.7. The quantitative estimate of drug-likeness (QED) is 0.365. The Balaban J connectivity index is 1.43. The molecule has 0 saturated carbocycles. The van der Waals surface area contributed by atoms with Crippen molar-refractivity contribution in [3.8, 4) is 11.5 Å². The fourth-order valence-corrected chi connectivity index (χ4v) is 3.57. The molecular formula is C22H24N2O3S2. The molecule has 0 N–H and O–H groups in total. The Bertz CT molecular complexity index is 872. The van der Waals surface area contributed by atoms with E-state index in [0.29, 0.717) is 23.3 Å². The van der Waals surface area contributed by atoms with Crippen LogP contribution in [0, 0.1) is 0 Å². The van der Waals surface area contributed by atoms with Gasteiger partial charge in [0, 0.05) is 0 Å². The topological polar surface area (TPSA) is 51.1 Å². The van der Waals surface area contributed by atoms with E-state index >= 15 is 0 Å². The number of hydrazone groups is 1. The summed E-state index contributed by atoms with van der Waals surface area (Å²) < 4.78 is 11.9. The Morgan fingerprint density at radius 3 is 2.07 bits per heavy atom. The van der Waals surface area contributed by atoms with Crippen molar-refractivity contribution in [2.75, 3.05) is 19.0 Å². The third-order valence-electron chi connectivity index (χ3n) is 4.27. The van der Waals surface area contributed by atoms with Crippen molar-refractivity contribution >= 4 is 40.4 Å². The molecule has 0 aromatic heterocycles. The number of rotatable bonds is 7. The van der Waals surface area contributed by atoms with Crippen LogP contribution in [0.5, 0.6) is 11.5 Å². The lowest BCUT2D eigenvalue weighted by Gasteiger charge is -2.19. The van der Waals surface area contributed by atoms with Crippen LogP contribution < -0.4 is 9.47 Å². The second kappa shape index (κ2) is 9.41. The number of nitrogens with zero attached hydrogens (tertiary/aromatic N) is 2. The molecule has 0 spiro atoms. The average molecular weight is 429 g/mol. The predicted molar refractivity (Wildman–Crippen MR) is 122 cm³/mol. The van der Waals surface area contributed by atoms with Crippen molar-refractivity contribution in [3.05, 3.63) is 59.7 Å². The van der Waals surface area contributed by atoms with Gasteiger partial charge in [-0.2, -0.15) is 10.1 Å². The molecule has 0 unspecified atom stereocenters. The Labute approximate surface area is 181 Å². The first-order chi connectivity index (χ1) is 13.8. The summed E-state index contributed by atoms with van der Waals surface area (Å²) in [6.45, 7) is 7.47. The molecule has 1 fully saturated rings. The lowest BCUT2D eigenvalue weighted by molar-refractivity contribution is -0.123. The third-order valence-corrected chi connectivity index (χ3v) is 5.61. The average Bonchev–Trinajstić information content (AvgIpc) is 3.02. The van der Waals surface area contributed by atoms with E-state index in [0.717, 1.165) is 17.1 Å². The van der Waals surface area contributed by atoms with Gasteiger partial charge >= 0.3 is 0 Å². The van der Waals surface area contributed by atoms with Crippen LogP contribution in [0.15, 0.2) is 53.6 Å². The summed E-state index contributed by atoms with van der Waals surface area (Å²) in [5, 5.41) is 5.41. The summed E-state index contributed by atoms with van der Waals surface area (Å²) >= 11 is 6.42. The van der Waals surface area contributed by atoms with Crippen molar-refractivity contribution in [1.82, 2.24) is 5.01 Å². The molecule has 1 aliphatic heterocycles. The first kappa shape index (κ1) is 21.3. The molecule has 152 valence electrons. The van der Waals surface area contributed by atoms with E-state index < -0.39 is 0 Å². The van der Waals surface area contributed by atoms with Gasteiger partial charge in [-0.05, 0) is 52.9 Å². The summed E-state index contributed by atoms with van der Waals surface area (Å²) in [7, 11) is 0. The number of thioether (sulfide) groups is 1. The number of hydrogen-bond acceptors (Lipinski definition) is 6. The zero-order valence-corrected chi connectivity index (χ0v) is 18.4. The van der Waals surface area contributed by atoms with Crippen LogP contribution in [0.2, 0.25) is 0 Å². The number of carbonyl (C=O) groups is 1. The molecular weight excluding hydrogens is 404 g/mol. The Hall–Kier alpha value is -2.38. The van der Waals surface area contributed by atoms with E-state index in [-0.39, 0.29) is 11.3 Å². The summed E-state index contributed by atoms with van der Waals surface area (Å²) in [5.74, 6) is 1.84. The summed E-state index contributed by atoms with van der Waals surface area (Å²) in [5.41, 5.74) is 2.27. The zero-order chi connectivity index (χ0) is 20.9. The minimum atomic E-state index is -0.0933. The van der Waals surface area contributed by atoms with Gasteiger partial charge in [-0.15, -0.1) is 0 Å². The minimum absolute atomic E-state index is 0.0933.